The minimum Gasteiger partial charge on any atom is -0.508 e. The molecule has 1 atom stereocenters. The molecule has 0 spiro atoms. The fourth-order valence-corrected chi connectivity index (χ4v) is 3.07. The summed E-state index contributed by atoms with van der Waals surface area (Å²) in [5.74, 6) is 0.487. The molecule has 0 aliphatic heterocycles. The SMILES string of the molecule is Cc1ccc(OC(Cc2ccc(O)cc2)C(=O)OCC[Si](C)(C)C)cc1. The van der Waals surface area contributed by atoms with E-state index in [0.717, 1.165) is 17.2 Å². The van der Waals surface area contributed by atoms with Gasteiger partial charge < -0.3 is 14.6 Å². The van der Waals surface area contributed by atoms with Gasteiger partial charge in [0, 0.05) is 14.5 Å². The molecule has 1 N–H and O–H groups in total. The second kappa shape index (κ2) is 8.90. The molecule has 1 unspecified atom stereocenters. The molecule has 0 radical (unpaired) electrons. The van der Waals surface area contributed by atoms with Gasteiger partial charge >= 0.3 is 5.97 Å². The zero-order valence-corrected chi connectivity index (χ0v) is 17.0. The van der Waals surface area contributed by atoms with Crippen molar-refractivity contribution in [3.8, 4) is 11.5 Å². The van der Waals surface area contributed by atoms with E-state index in [-0.39, 0.29) is 11.7 Å². The second-order valence-corrected chi connectivity index (χ2v) is 13.4. The molecule has 0 heterocycles. The fourth-order valence-electron chi connectivity index (χ4n) is 2.35. The van der Waals surface area contributed by atoms with Gasteiger partial charge in [-0.1, -0.05) is 49.5 Å². The molecule has 0 amide bonds. The predicted molar refractivity (Wildman–Crippen MR) is 107 cm³/mol. The van der Waals surface area contributed by atoms with Crippen molar-refractivity contribution in [3.63, 3.8) is 0 Å². The molecule has 26 heavy (non-hydrogen) atoms. The average molecular weight is 373 g/mol. The Morgan fingerprint density at radius 1 is 1.04 bits per heavy atom. The van der Waals surface area contributed by atoms with Crippen molar-refractivity contribution >= 4 is 14.0 Å². The number of benzene rings is 2. The van der Waals surface area contributed by atoms with Crippen LogP contribution in [0.3, 0.4) is 0 Å². The molecule has 0 bridgehead atoms. The number of hydrogen-bond donors (Lipinski definition) is 1. The molecule has 5 heteroatoms. The molecule has 2 aromatic rings. The van der Waals surface area contributed by atoms with Crippen molar-refractivity contribution in [3.05, 3.63) is 59.7 Å². The first kappa shape index (κ1) is 20.0. The van der Waals surface area contributed by atoms with E-state index in [1.165, 1.54) is 0 Å². The molecule has 2 rings (SSSR count). The van der Waals surface area contributed by atoms with Crippen LogP contribution in [0.4, 0.5) is 0 Å². The van der Waals surface area contributed by atoms with Crippen molar-refractivity contribution in [2.24, 2.45) is 0 Å². The maximum Gasteiger partial charge on any atom is 0.347 e. The van der Waals surface area contributed by atoms with Crippen LogP contribution in [0.1, 0.15) is 11.1 Å². The summed E-state index contributed by atoms with van der Waals surface area (Å²) in [6.45, 7) is 9.17. The summed E-state index contributed by atoms with van der Waals surface area (Å²) < 4.78 is 11.4. The van der Waals surface area contributed by atoms with Crippen LogP contribution < -0.4 is 4.74 Å². The Labute approximate surface area is 156 Å². The van der Waals surface area contributed by atoms with Gasteiger partial charge in [0.1, 0.15) is 11.5 Å². The highest BCUT2D eigenvalue weighted by Crippen LogP contribution is 2.18. The first-order chi connectivity index (χ1) is 12.2. The van der Waals surface area contributed by atoms with Gasteiger partial charge in [-0.2, -0.15) is 0 Å². The van der Waals surface area contributed by atoms with E-state index in [1.54, 1.807) is 24.3 Å². The first-order valence-corrected chi connectivity index (χ1v) is 12.6. The summed E-state index contributed by atoms with van der Waals surface area (Å²) in [5, 5.41) is 9.43. The van der Waals surface area contributed by atoms with Gasteiger partial charge in [0.2, 0.25) is 0 Å². The van der Waals surface area contributed by atoms with E-state index < -0.39 is 14.2 Å². The third kappa shape index (κ3) is 6.92. The van der Waals surface area contributed by atoms with E-state index in [9.17, 15) is 9.90 Å². The van der Waals surface area contributed by atoms with Gasteiger partial charge in [-0.05, 0) is 42.8 Å². The molecule has 0 fully saturated rings. The number of rotatable bonds is 8. The lowest BCUT2D eigenvalue weighted by Gasteiger charge is -2.20. The van der Waals surface area contributed by atoms with Crippen LogP contribution in [0.2, 0.25) is 25.7 Å². The molecular formula is C21H28O4Si. The number of aromatic hydroxyl groups is 1. The van der Waals surface area contributed by atoms with E-state index >= 15 is 0 Å². The number of phenolic OH excluding ortho intramolecular Hbond substituents is 1. The molecule has 0 aromatic heterocycles. The lowest BCUT2D eigenvalue weighted by Crippen LogP contribution is -2.33. The highest BCUT2D eigenvalue weighted by molar-refractivity contribution is 6.76. The van der Waals surface area contributed by atoms with Gasteiger partial charge in [0.25, 0.3) is 0 Å². The molecule has 0 aliphatic carbocycles. The standard InChI is InChI=1S/C21H28O4Si/c1-16-5-11-19(12-6-16)25-20(15-17-7-9-18(22)10-8-17)21(23)24-13-14-26(2,3)4/h5-12,20,22H,13-15H2,1-4H3. The summed E-state index contributed by atoms with van der Waals surface area (Å²) >= 11 is 0. The van der Waals surface area contributed by atoms with Crippen molar-refractivity contribution in [1.82, 2.24) is 0 Å². The maximum atomic E-state index is 12.6. The molecular weight excluding hydrogens is 344 g/mol. The Balaban J connectivity index is 2.07. The van der Waals surface area contributed by atoms with Crippen molar-refractivity contribution in [2.45, 2.75) is 45.1 Å². The van der Waals surface area contributed by atoms with Crippen molar-refractivity contribution < 1.29 is 19.4 Å². The van der Waals surface area contributed by atoms with Gasteiger partial charge in [-0.3, -0.25) is 0 Å². The normalized spacial score (nSPS) is 12.5. The third-order valence-corrected chi connectivity index (χ3v) is 5.72. The minimum atomic E-state index is -1.27. The fraction of sp³-hybridized carbons (Fsp3) is 0.381. The summed E-state index contributed by atoms with van der Waals surface area (Å²) in [5.41, 5.74) is 2.03. The smallest absolute Gasteiger partial charge is 0.347 e. The molecule has 140 valence electrons. The Morgan fingerprint density at radius 2 is 1.65 bits per heavy atom. The largest absolute Gasteiger partial charge is 0.508 e. The van der Waals surface area contributed by atoms with E-state index in [0.29, 0.717) is 18.8 Å². The molecule has 0 aliphatic rings. The number of carbonyl (C=O) groups excluding carboxylic acids is 1. The van der Waals surface area contributed by atoms with Gasteiger partial charge in [0.15, 0.2) is 6.10 Å². The van der Waals surface area contributed by atoms with Crippen LogP contribution in [0.5, 0.6) is 11.5 Å². The van der Waals surface area contributed by atoms with Crippen molar-refractivity contribution in [2.75, 3.05) is 6.61 Å². The third-order valence-electron chi connectivity index (χ3n) is 4.02. The number of esters is 1. The monoisotopic (exact) mass is 372 g/mol. The van der Waals surface area contributed by atoms with E-state index in [4.69, 9.17) is 9.47 Å². The molecule has 2 aromatic carbocycles. The van der Waals surface area contributed by atoms with Crippen LogP contribution in [0.15, 0.2) is 48.5 Å². The van der Waals surface area contributed by atoms with Crippen LogP contribution in [0.25, 0.3) is 0 Å². The van der Waals surface area contributed by atoms with Crippen LogP contribution >= 0.6 is 0 Å². The number of aryl methyl sites for hydroxylation is 1. The molecule has 4 nitrogen and oxygen atoms in total. The topological polar surface area (TPSA) is 55.8 Å². The van der Waals surface area contributed by atoms with Crippen LogP contribution in [-0.2, 0) is 16.0 Å². The quantitative estimate of drug-likeness (QED) is 0.545. The van der Waals surface area contributed by atoms with Gasteiger partial charge in [-0.15, -0.1) is 0 Å². The Morgan fingerprint density at radius 3 is 2.23 bits per heavy atom. The number of phenols is 1. The zero-order chi connectivity index (χ0) is 19.2. The van der Waals surface area contributed by atoms with Crippen molar-refractivity contribution in [1.29, 1.82) is 0 Å². The number of ether oxygens (including phenoxy) is 2. The van der Waals surface area contributed by atoms with Gasteiger partial charge in [0.05, 0.1) is 6.61 Å². The Kier molecular flexibility index (Phi) is 6.86. The minimum absolute atomic E-state index is 0.197. The zero-order valence-electron chi connectivity index (χ0n) is 16.0. The molecule has 0 saturated carbocycles. The van der Waals surface area contributed by atoms with Crippen LogP contribution in [0, 0.1) is 6.92 Å². The number of carbonyl (C=O) groups is 1. The highest BCUT2D eigenvalue weighted by atomic mass is 28.3. The lowest BCUT2D eigenvalue weighted by molar-refractivity contribution is -0.151. The summed E-state index contributed by atoms with van der Waals surface area (Å²) in [4.78, 5) is 12.6. The second-order valence-electron chi connectivity index (χ2n) is 7.77. The average Bonchev–Trinajstić information content (AvgIpc) is 2.57. The van der Waals surface area contributed by atoms with Gasteiger partial charge in [-0.25, -0.2) is 4.79 Å². The predicted octanol–water partition coefficient (Wildman–Crippen LogP) is 4.57. The van der Waals surface area contributed by atoms with Crippen LogP contribution in [-0.4, -0.2) is 31.9 Å². The highest BCUT2D eigenvalue weighted by Gasteiger charge is 2.24. The Bertz CT molecular complexity index is 655. The lowest BCUT2D eigenvalue weighted by atomic mass is 10.1. The first-order valence-electron chi connectivity index (χ1n) is 8.91. The summed E-state index contributed by atoms with van der Waals surface area (Å²) in [6, 6.07) is 15.3. The van der Waals surface area contributed by atoms with E-state index in [2.05, 4.69) is 19.6 Å². The molecule has 0 saturated heterocycles. The maximum absolute atomic E-state index is 12.6. The van der Waals surface area contributed by atoms with E-state index in [1.807, 2.05) is 31.2 Å². The number of hydrogen-bond acceptors (Lipinski definition) is 4. The summed E-state index contributed by atoms with van der Waals surface area (Å²) in [7, 11) is -1.27. The Hall–Kier alpha value is -2.27. The summed E-state index contributed by atoms with van der Waals surface area (Å²) in [6.07, 6.45) is -0.330.